The van der Waals surface area contributed by atoms with E-state index in [0.29, 0.717) is 6.42 Å². The second kappa shape index (κ2) is 7.11. The van der Waals surface area contributed by atoms with Crippen LogP contribution in [0.4, 0.5) is 0 Å². The molecule has 2 aromatic rings. The molecule has 1 aliphatic carbocycles. The van der Waals surface area contributed by atoms with Crippen molar-refractivity contribution in [3.63, 3.8) is 0 Å². The van der Waals surface area contributed by atoms with Gasteiger partial charge in [-0.1, -0.05) is 19.9 Å². The number of hydrogen-bond acceptors (Lipinski definition) is 3. The van der Waals surface area contributed by atoms with Gasteiger partial charge in [0, 0.05) is 35.6 Å². The first-order valence-electron chi connectivity index (χ1n) is 10.6. The van der Waals surface area contributed by atoms with Crippen LogP contribution in [0, 0.1) is 0 Å². The summed E-state index contributed by atoms with van der Waals surface area (Å²) in [6, 6.07) is 6.42. The van der Waals surface area contributed by atoms with Crippen LogP contribution in [0.15, 0.2) is 24.4 Å². The number of amides is 1. The highest BCUT2D eigenvalue weighted by Crippen LogP contribution is 2.47. The highest BCUT2D eigenvalue weighted by Gasteiger charge is 2.54. The van der Waals surface area contributed by atoms with Crippen LogP contribution in [-0.4, -0.2) is 44.7 Å². The first-order valence-corrected chi connectivity index (χ1v) is 10.6. The molecular weight excluding hydrogens is 352 g/mol. The smallest absolute Gasteiger partial charge is 0.223 e. The second-order valence-corrected chi connectivity index (χ2v) is 9.05. The fourth-order valence-corrected chi connectivity index (χ4v) is 5.16. The van der Waals surface area contributed by atoms with E-state index in [4.69, 9.17) is 4.74 Å². The molecule has 2 bridgehead atoms. The number of H-pyrrole nitrogens is 1. The maximum atomic E-state index is 13.2. The number of nitrogens with one attached hydrogen (secondary N) is 1. The number of piperidine rings is 2. The molecule has 2 saturated heterocycles. The molecule has 0 spiro atoms. The van der Waals surface area contributed by atoms with Gasteiger partial charge in [0.1, 0.15) is 5.75 Å². The summed E-state index contributed by atoms with van der Waals surface area (Å²) >= 11 is 0. The Morgan fingerprint density at radius 3 is 2.75 bits per heavy atom. The van der Waals surface area contributed by atoms with E-state index in [-0.39, 0.29) is 30.0 Å². The molecule has 1 aromatic heterocycles. The number of benzene rings is 1. The van der Waals surface area contributed by atoms with Crippen molar-refractivity contribution >= 4 is 16.8 Å². The maximum Gasteiger partial charge on any atom is 0.223 e. The summed E-state index contributed by atoms with van der Waals surface area (Å²) in [5, 5.41) is 11.5. The normalized spacial score (nSPS) is 27.7. The van der Waals surface area contributed by atoms with E-state index >= 15 is 0 Å². The van der Waals surface area contributed by atoms with Gasteiger partial charge in [0.2, 0.25) is 5.91 Å². The molecule has 2 unspecified atom stereocenters. The minimum absolute atomic E-state index is 0.0940. The third-order valence-electron chi connectivity index (χ3n) is 6.47. The number of aromatic amines is 1. The quantitative estimate of drug-likeness (QED) is 0.778. The van der Waals surface area contributed by atoms with Crippen molar-refractivity contribution in [2.24, 2.45) is 0 Å². The Hall–Kier alpha value is -2.01. The van der Waals surface area contributed by atoms with Gasteiger partial charge < -0.3 is 19.7 Å². The molecule has 2 N–H and O–H groups in total. The van der Waals surface area contributed by atoms with Crippen molar-refractivity contribution in [3.05, 3.63) is 30.0 Å². The van der Waals surface area contributed by atoms with Crippen LogP contribution in [0.25, 0.3) is 10.9 Å². The molecule has 1 aromatic carbocycles. The lowest BCUT2D eigenvalue weighted by Crippen LogP contribution is -2.67. The molecule has 2 aliphatic heterocycles. The van der Waals surface area contributed by atoms with Crippen LogP contribution in [-0.2, 0) is 4.79 Å². The van der Waals surface area contributed by atoms with Crippen LogP contribution in [0.3, 0.4) is 0 Å². The van der Waals surface area contributed by atoms with Gasteiger partial charge in [-0.05, 0) is 63.1 Å². The molecule has 3 heterocycles. The third kappa shape index (κ3) is 3.30. The second-order valence-electron chi connectivity index (χ2n) is 9.05. The first kappa shape index (κ1) is 19.3. The summed E-state index contributed by atoms with van der Waals surface area (Å²) < 4.78 is 6.02. The van der Waals surface area contributed by atoms with Crippen molar-refractivity contribution in [3.8, 4) is 5.75 Å². The molecule has 28 heavy (non-hydrogen) atoms. The number of aliphatic hydroxyl groups is 1. The van der Waals surface area contributed by atoms with Crippen molar-refractivity contribution in [2.45, 2.75) is 89.5 Å². The Morgan fingerprint density at radius 1 is 1.32 bits per heavy atom. The van der Waals surface area contributed by atoms with E-state index in [1.807, 2.05) is 38.2 Å². The summed E-state index contributed by atoms with van der Waals surface area (Å²) in [7, 11) is 0. The maximum absolute atomic E-state index is 13.2. The number of hydrogen-bond donors (Lipinski definition) is 2. The van der Waals surface area contributed by atoms with Gasteiger partial charge >= 0.3 is 0 Å². The molecule has 5 nitrogen and oxygen atoms in total. The number of fused-ring (bicyclic) bond motifs is 3. The van der Waals surface area contributed by atoms with E-state index in [9.17, 15) is 9.90 Å². The molecule has 2 atom stereocenters. The zero-order valence-electron chi connectivity index (χ0n) is 17.4. The standard InChI is InChI=1S/C23H32N2O3/c1-5-16-10-23(27)11-17(12-23)25(16)21(26)9-15(4)18-13-24-19-7-6-8-20(22(18)19)28-14(2)3/h6-8,13-17,24,27H,5,9-12H2,1-4H3. The van der Waals surface area contributed by atoms with Crippen molar-refractivity contribution in [2.75, 3.05) is 0 Å². The SMILES string of the molecule is CCC1CC2(O)CC(C2)N1C(=O)CC(C)c1c[nH]c2cccc(OC(C)C)c12. The Morgan fingerprint density at radius 2 is 2.07 bits per heavy atom. The number of carbonyl (C=O) groups excluding carboxylic acids is 1. The van der Waals surface area contributed by atoms with Crippen LogP contribution in [0.1, 0.15) is 71.3 Å². The minimum atomic E-state index is -0.520. The fourth-order valence-electron chi connectivity index (χ4n) is 5.16. The monoisotopic (exact) mass is 384 g/mol. The highest BCUT2D eigenvalue weighted by atomic mass is 16.5. The van der Waals surface area contributed by atoms with Gasteiger partial charge in [0.05, 0.1) is 11.7 Å². The van der Waals surface area contributed by atoms with Gasteiger partial charge in [-0.3, -0.25) is 4.79 Å². The van der Waals surface area contributed by atoms with Gasteiger partial charge in [-0.25, -0.2) is 0 Å². The van der Waals surface area contributed by atoms with E-state index in [2.05, 4.69) is 23.7 Å². The predicted octanol–water partition coefficient (Wildman–Crippen LogP) is 4.35. The van der Waals surface area contributed by atoms with E-state index < -0.39 is 5.60 Å². The molecule has 5 heteroatoms. The summed E-state index contributed by atoms with van der Waals surface area (Å²) in [5.41, 5.74) is 1.66. The lowest BCUT2D eigenvalue weighted by atomic mass is 9.66. The van der Waals surface area contributed by atoms with E-state index in [0.717, 1.165) is 47.9 Å². The van der Waals surface area contributed by atoms with E-state index in [1.54, 1.807) is 0 Å². The summed E-state index contributed by atoms with van der Waals surface area (Å²) in [4.78, 5) is 18.6. The third-order valence-corrected chi connectivity index (χ3v) is 6.47. The topological polar surface area (TPSA) is 65.6 Å². The van der Waals surface area contributed by atoms with Crippen molar-refractivity contribution in [1.82, 2.24) is 9.88 Å². The van der Waals surface area contributed by atoms with Gasteiger partial charge in [0.15, 0.2) is 0 Å². The molecule has 1 saturated carbocycles. The molecule has 5 rings (SSSR count). The largest absolute Gasteiger partial charge is 0.490 e. The number of carbonyl (C=O) groups is 1. The van der Waals surface area contributed by atoms with E-state index in [1.165, 1.54) is 0 Å². The van der Waals surface area contributed by atoms with Crippen molar-refractivity contribution in [1.29, 1.82) is 0 Å². The Balaban J connectivity index is 1.55. The van der Waals surface area contributed by atoms with Gasteiger partial charge in [-0.15, -0.1) is 0 Å². The fraction of sp³-hybridized carbons (Fsp3) is 0.609. The zero-order chi connectivity index (χ0) is 20.1. The predicted molar refractivity (Wildman–Crippen MR) is 111 cm³/mol. The molecule has 3 fully saturated rings. The molecular formula is C23H32N2O3. The van der Waals surface area contributed by atoms with Crippen LogP contribution < -0.4 is 4.74 Å². The molecule has 1 amide bonds. The summed E-state index contributed by atoms with van der Waals surface area (Å²) in [6.07, 6.45) is 5.70. The van der Waals surface area contributed by atoms with Gasteiger partial charge in [-0.2, -0.15) is 0 Å². The van der Waals surface area contributed by atoms with Gasteiger partial charge in [0.25, 0.3) is 0 Å². The number of rotatable bonds is 6. The summed E-state index contributed by atoms with van der Waals surface area (Å²) in [5.74, 6) is 1.18. The zero-order valence-corrected chi connectivity index (χ0v) is 17.4. The Labute approximate surface area is 167 Å². The first-order chi connectivity index (χ1) is 13.3. The average molecular weight is 385 g/mol. The lowest BCUT2D eigenvalue weighted by Gasteiger charge is -2.58. The van der Waals surface area contributed by atoms with Crippen LogP contribution in [0.5, 0.6) is 5.75 Å². The molecule has 152 valence electrons. The molecule has 0 radical (unpaired) electrons. The highest BCUT2D eigenvalue weighted by molar-refractivity contribution is 5.90. The number of ether oxygens (including phenoxy) is 1. The van der Waals surface area contributed by atoms with Crippen LogP contribution >= 0.6 is 0 Å². The molecule has 3 aliphatic rings. The lowest BCUT2D eigenvalue weighted by molar-refractivity contribution is -0.178. The number of aromatic nitrogens is 1. The van der Waals surface area contributed by atoms with Crippen molar-refractivity contribution < 1.29 is 14.6 Å². The minimum Gasteiger partial charge on any atom is -0.490 e. The summed E-state index contributed by atoms with van der Waals surface area (Å²) in [6.45, 7) is 8.28. The number of nitrogens with zero attached hydrogens (tertiary/aromatic N) is 1. The Kier molecular flexibility index (Phi) is 4.90. The Bertz CT molecular complexity index is 866. The average Bonchev–Trinajstić information content (AvgIpc) is 3.05. The van der Waals surface area contributed by atoms with Crippen LogP contribution in [0.2, 0.25) is 0 Å².